The van der Waals surface area contributed by atoms with Crippen LogP contribution < -0.4 is 11.1 Å². The molecule has 1 saturated heterocycles. The third-order valence-corrected chi connectivity index (χ3v) is 5.46. The summed E-state index contributed by atoms with van der Waals surface area (Å²) in [6, 6.07) is 9.55. The minimum absolute atomic E-state index is 0.0232. The number of carbonyl (C=O) groups is 3. The third kappa shape index (κ3) is 2.95. The average molecular weight is 396 g/mol. The lowest BCUT2D eigenvalue weighted by atomic mass is 9.90. The second-order valence-electron chi connectivity index (χ2n) is 6.51. The number of nitrogens with two attached hydrogens (primary N) is 1. The highest BCUT2D eigenvalue weighted by Gasteiger charge is 2.49. The van der Waals surface area contributed by atoms with Gasteiger partial charge < -0.3 is 15.5 Å². The van der Waals surface area contributed by atoms with Gasteiger partial charge in [-0.3, -0.25) is 14.5 Å². The molecule has 0 radical (unpaired) electrons. The number of oxazole rings is 1. The topological polar surface area (TPSA) is 119 Å². The van der Waals surface area contributed by atoms with Crippen molar-refractivity contribution in [2.75, 3.05) is 0 Å². The molecule has 1 aliphatic rings. The fourth-order valence-corrected chi connectivity index (χ4v) is 3.73. The lowest BCUT2D eigenvalue weighted by Crippen LogP contribution is -2.41. The van der Waals surface area contributed by atoms with Crippen LogP contribution in [-0.4, -0.2) is 27.7 Å². The van der Waals surface area contributed by atoms with Crippen molar-refractivity contribution >= 4 is 29.2 Å². The summed E-state index contributed by atoms with van der Waals surface area (Å²) in [7, 11) is 0. The highest BCUT2D eigenvalue weighted by Crippen LogP contribution is 2.31. The van der Waals surface area contributed by atoms with E-state index in [4.69, 9.17) is 10.2 Å². The normalized spacial score (nSPS) is 19.1. The van der Waals surface area contributed by atoms with Crippen molar-refractivity contribution in [2.45, 2.75) is 19.0 Å². The van der Waals surface area contributed by atoms with Crippen LogP contribution in [0.1, 0.15) is 28.5 Å². The van der Waals surface area contributed by atoms with Crippen LogP contribution in [0, 0.1) is 0 Å². The number of hydrogen-bond acceptors (Lipinski definition) is 6. The van der Waals surface area contributed by atoms with E-state index >= 15 is 0 Å². The predicted octanol–water partition coefficient (Wildman–Crippen LogP) is 2.47. The van der Waals surface area contributed by atoms with Gasteiger partial charge in [0.2, 0.25) is 11.8 Å². The number of primary amides is 1. The lowest BCUT2D eigenvalue weighted by Gasteiger charge is -2.22. The molecule has 1 atom stereocenters. The Balaban J connectivity index is 1.59. The Morgan fingerprint density at radius 2 is 2.14 bits per heavy atom. The molecule has 4 amide bonds. The third-order valence-electron chi connectivity index (χ3n) is 4.60. The standard InChI is InChI=1S/C19H16N4O4S/c1-19(12-5-2-4-11(8-12)15(20)24)17(25)23(18(26)22-19)9-13-10-27-16(21-13)14-6-3-7-28-14/h2-8,10H,9H2,1H3,(H2,20,24)(H,22,26). The van der Waals surface area contributed by atoms with E-state index in [1.165, 1.54) is 23.7 Å². The maximum Gasteiger partial charge on any atom is 0.325 e. The fraction of sp³-hybridized carbons (Fsp3) is 0.158. The van der Waals surface area contributed by atoms with E-state index in [1.807, 2.05) is 17.5 Å². The molecule has 1 aliphatic heterocycles. The SMILES string of the molecule is CC1(c2cccc(C(N)=O)c2)NC(=O)N(Cc2coc(-c3cccs3)n2)C1=O. The van der Waals surface area contributed by atoms with Crippen molar-refractivity contribution in [3.05, 3.63) is 64.9 Å². The Morgan fingerprint density at radius 3 is 2.86 bits per heavy atom. The number of nitrogens with one attached hydrogen (secondary N) is 1. The molecule has 0 spiro atoms. The summed E-state index contributed by atoms with van der Waals surface area (Å²) in [5, 5.41) is 4.60. The molecule has 3 heterocycles. The molecule has 142 valence electrons. The van der Waals surface area contributed by atoms with Crippen LogP contribution in [0.15, 0.2) is 52.5 Å². The predicted molar refractivity (Wildman–Crippen MR) is 101 cm³/mol. The van der Waals surface area contributed by atoms with Gasteiger partial charge in [-0.05, 0) is 36.1 Å². The number of hydrogen-bond donors (Lipinski definition) is 2. The van der Waals surface area contributed by atoms with Gasteiger partial charge in [0.25, 0.3) is 5.91 Å². The number of carbonyl (C=O) groups excluding carboxylic acids is 3. The molecule has 2 aromatic heterocycles. The summed E-state index contributed by atoms with van der Waals surface area (Å²) in [6.07, 6.45) is 1.43. The molecule has 0 saturated carbocycles. The zero-order chi connectivity index (χ0) is 19.9. The quantitative estimate of drug-likeness (QED) is 0.642. The number of nitrogens with zero attached hydrogens (tertiary/aromatic N) is 2. The van der Waals surface area contributed by atoms with E-state index in [0.717, 1.165) is 9.78 Å². The summed E-state index contributed by atoms with van der Waals surface area (Å²) in [5.74, 6) is -0.614. The number of amides is 4. The van der Waals surface area contributed by atoms with Gasteiger partial charge >= 0.3 is 6.03 Å². The van der Waals surface area contributed by atoms with Crippen LogP contribution >= 0.6 is 11.3 Å². The van der Waals surface area contributed by atoms with Gasteiger partial charge in [-0.1, -0.05) is 18.2 Å². The monoisotopic (exact) mass is 396 g/mol. The van der Waals surface area contributed by atoms with Gasteiger partial charge in [-0.2, -0.15) is 0 Å². The first-order valence-corrected chi connectivity index (χ1v) is 9.29. The molecular weight excluding hydrogens is 380 g/mol. The number of imide groups is 1. The zero-order valence-corrected chi connectivity index (χ0v) is 15.7. The number of benzene rings is 1. The van der Waals surface area contributed by atoms with Crippen LogP contribution in [0.4, 0.5) is 4.79 Å². The van der Waals surface area contributed by atoms with Crippen LogP contribution in [0.3, 0.4) is 0 Å². The minimum Gasteiger partial charge on any atom is -0.443 e. The number of thiophene rings is 1. The number of urea groups is 1. The fourth-order valence-electron chi connectivity index (χ4n) is 3.07. The maximum absolute atomic E-state index is 13.0. The Morgan fingerprint density at radius 1 is 1.32 bits per heavy atom. The van der Waals surface area contributed by atoms with Crippen molar-refractivity contribution in [3.63, 3.8) is 0 Å². The summed E-state index contributed by atoms with van der Waals surface area (Å²) in [5.41, 5.74) is 5.21. The van der Waals surface area contributed by atoms with Gasteiger partial charge in [0.05, 0.1) is 17.1 Å². The van der Waals surface area contributed by atoms with Gasteiger partial charge in [-0.25, -0.2) is 9.78 Å². The largest absolute Gasteiger partial charge is 0.443 e. The van der Waals surface area contributed by atoms with E-state index in [2.05, 4.69) is 10.3 Å². The Hall–Kier alpha value is -3.46. The summed E-state index contributed by atoms with van der Waals surface area (Å²) in [4.78, 5) is 43.2. The number of aromatic nitrogens is 1. The molecular formula is C19H16N4O4S. The van der Waals surface area contributed by atoms with E-state index in [0.29, 0.717) is 17.1 Å². The minimum atomic E-state index is -1.30. The molecule has 0 bridgehead atoms. The molecule has 3 aromatic rings. The molecule has 3 N–H and O–H groups in total. The van der Waals surface area contributed by atoms with Crippen molar-refractivity contribution in [3.8, 4) is 10.8 Å². The summed E-state index contributed by atoms with van der Waals surface area (Å²) >= 11 is 1.48. The highest BCUT2D eigenvalue weighted by atomic mass is 32.1. The Labute approximate surface area is 164 Å². The van der Waals surface area contributed by atoms with Crippen molar-refractivity contribution in [1.82, 2.24) is 15.2 Å². The van der Waals surface area contributed by atoms with Crippen molar-refractivity contribution in [1.29, 1.82) is 0 Å². The van der Waals surface area contributed by atoms with E-state index in [9.17, 15) is 14.4 Å². The molecule has 1 unspecified atom stereocenters. The van der Waals surface area contributed by atoms with E-state index in [1.54, 1.807) is 25.1 Å². The van der Waals surface area contributed by atoms with Gasteiger partial charge in [0.1, 0.15) is 11.8 Å². The van der Waals surface area contributed by atoms with E-state index in [-0.39, 0.29) is 12.1 Å². The molecule has 0 aliphatic carbocycles. The smallest absolute Gasteiger partial charge is 0.325 e. The van der Waals surface area contributed by atoms with Crippen molar-refractivity contribution in [2.24, 2.45) is 5.73 Å². The highest BCUT2D eigenvalue weighted by molar-refractivity contribution is 7.13. The van der Waals surface area contributed by atoms with Crippen LogP contribution in [0.25, 0.3) is 10.8 Å². The van der Waals surface area contributed by atoms with Gasteiger partial charge in [0.15, 0.2) is 0 Å². The van der Waals surface area contributed by atoms with E-state index < -0.39 is 23.4 Å². The summed E-state index contributed by atoms with van der Waals surface area (Å²) < 4.78 is 5.45. The van der Waals surface area contributed by atoms with Crippen LogP contribution in [0.2, 0.25) is 0 Å². The van der Waals surface area contributed by atoms with Crippen LogP contribution in [0.5, 0.6) is 0 Å². The van der Waals surface area contributed by atoms with Gasteiger partial charge in [-0.15, -0.1) is 11.3 Å². The first-order chi connectivity index (χ1) is 13.4. The molecule has 8 nitrogen and oxygen atoms in total. The van der Waals surface area contributed by atoms with Crippen molar-refractivity contribution < 1.29 is 18.8 Å². The lowest BCUT2D eigenvalue weighted by molar-refractivity contribution is -0.131. The molecule has 1 fully saturated rings. The Kier molecular flexibility index (Phi) is 4.23. The maximum atomic E-state index is 13.0. The molecule has 28 heavy (non-hydrogen) atoms. The second-order valence-corrected chi connectivity index (χ2v) is 7.46. The zero-order valence-electron chi connectivity index (χ0n) is 14.8. The molecule has 4 rings (SSSR count). The molecule has 1 aromatic carbocycles. The second kappa shape index (κ2) is 6.61. The Bertz CT molecular complexity index is 1080. The number of rotatable bonds is 5. The molecule has 9 heteroatoms. The average Bonchev–Trinajstić information content (AvgIpc) is 3.40. The first-order valence-electron chi connectivity index (χ1n) is 8.41. The summed E-state index contributed by atoms with van der Waals surface area (Å²) in [6.45, 7) is 1.57. The van der Waals surface area contributed by atoms with Gasteiger partial charge in [0, 0.05) is 5.56 Å². The van der Waals surface area contributed by atoms with Crippen LogP contribution in [-0.2, 0) is 16.9 Å². The first kappa shape index (κ1) is 17.9.